The van der Waals surface area contributed by atoms with Gasteiger partial charge in [-0.05, 0) is 18.6 Å². The van der Waals surface area contributed by atoms with E-state index in [2.05, 4.69) is 11.4 Å². The molecule has 102 valence electrons. The molecule has 4 nitrogen and oxygen atoms in total. The van der Waals surface area contributed by atoms with Crippen molar-refractivity contribution in [3.63, 3.8) is 0 Å². The fraction of sp³-hybridized carbons (Fsp3) is 0.429. The van der Waals surface area contributed by atoms with Gasteiger partial charge in [-0.2, -0.15) is 5.26 Å². The Bertz CT molecular complexity index is 457. The number of halogens is 1. The summed E-state index contributed by atoms with van der Waals surface area (Å²) in [5, 5.41) is 12.0. The summed E-state index contributed by atoms with van der Waals surface area (Å²) in [6.45, 7) is 2.21. The van der Waals surface area contributed by atoms with Crippen LogP contribution in [-0.4, -0.2) is 18.6 Å². The predicted molar refractivity (Wildman–Crippen MR) is 74.0 cm³/mol. The number of hydrogen-bond acceptors (Lipinski definition) is 3. The SMILES string of the molecule is CCC[C@@H](C#N)NC(=O)CCOc1ccccc1Cl. The fourth-order valence-corrected chi connectivity index (χ4v) is 1.73. The van der Waals surface area contributed by atoms with Crippen LogP contribution >= 0.6 is 11.6 Å². The van der Waals surface area contributed by atoms with Gasteiger partial charge in [0.2, 0.25) is 5.91 Å². The maximum Gasteiger partial charge on any atom is 0.224 e. The lowest BCUT2D eigenvalue weighted by molar-refractivity contribution is -0.122. The molecule has 0 aliphatic carbocycles. The first-order valence-corrected chi connectivity index (χ1v) is 6.61. The minimum atomic E-state index is -0.419. The summed E-state index contributed by atoms with van der Waals surface area (Å²) < 4.78 is 5.41. The van der Waals surface area contributed by atoms with Crippen LogP contribution in [0.25, 0.3) is 0 Å². The molecular formula is C14H17ClN2O2. The lowest BCUT2D eigenvalue weighted by atomic mass is 10.2. The van der Waals surface area contributed by atoms with Crippen LogP contribution in [0.1, 0.15) is 26.2 Å². The Balaban J connectivity index is 2.31. The molecule has 0 unspecified atom stereocenters. The predicted octanol–water partition coefficient (Wildman–Crippen LogP) is 2.92. The molecule has 0 aliphatic rings. The highest BCUT2D eigenvalue weighted by atomic mass is 35.5. The average Bonchev–Trinajstić information content (AvgIpc) is 2.40. The van der Waals surface area contributed by atoms with Gasteiger partial charge >= 0.3 is 0 Å². The quantitative estimate of drug-likeness (QED) is 0.835. The Morgan fingerprint density at radius 3 is 2.89 bits per heavy atom. The van der Waals surface area contributed by atoms with Crippen molar-refractivity contribution < 1.29 is 9.53 Å². The van der Waals surface area contributed by atoms with Gasteiger partial charge in [0.25, 0.3) is 0 Å². The monoisotopic (exact) mass is 280 g/mol. The summed E-state index contributed by atoms with van der Waals surface area (Å²) in [6, 6.07) is 8.73. The Kier molecular flexibility index (Phi) is 6.76. The highest BCUT2D eigenvalue weighted by Gasteiger charge is 2.10. The van der Waals surface area contributed by atoms with Gasteiger partial charge in [-0.15, -0.1) is 0 Å². The first kappa shape index (κ1) is 15.3. The van der Waals surface area contributed by atoms with Crippen LogP contribution in [0.5, 0.6) is 5.75 Å². The lowest BCUT2D eigenvalue weighted by Gasteiger charge is -2.11. The van der Waals surface area contributed by atoms with Crippen LogP contribution in [0.3, 0.4) is 0 Å². The van der Waals surface area contributed by atoms with Crippen molar-refractivity contribution in [1.82, 2.24) is 5.32 Å². The number of rotatable bonds is 7. The molecule has 1 atom stereocenters. The highest BCUT2D eigenvalue weighted by Crippen LogP contribution is 2.22. The Labute approximate surface area is 118 Å². The van der Waals surface area contributed by atoms with Gasteiger partial charge in [0.1, 0.15) is 11.8 Å². The van der Waals surface area contributed by atoms with E-state index in [4.69, 9.17) is 21.6 Å². The number of nitriles is 1. The van der Waals surface area contributed by atoms with Crippen molar-refractivity contribution in [2.75, 3.05) is 6.61 Å². The summed E-state index contributed by atoms with van der Waals surface area (Å²) in [7, 11) is 0. The molecule has 0 aromatic heterocycles. The van der Waals surface area contributed by atoms with Crippen LogP contribution in [0, 0.1) is 11.3 Å². The van der Waals surface area contributed by atoms with Crippen molar-refractivity contribution in [3.05, 3.63) is 29.3 Å². The number of carbonyl (C=O) groups is 1. The molecule has 1 rings (SSSR count). The van der Waals surface area contributed by atoms with Gasteiger partial charge in [-0.3, -0.25) is 4.79 Å². The van der Waals surface area contributed by atoms with Gasteiger partial charge in [0.05, 0.1) is 24.1 Å². The van der Waals surface area contributed by atoms with Gasteiger partial charge in [-0.1, -0.05) is 37.1 Å². The summed E-state index contributed by atoms with van der Waals surface area (Å²) in [5.41, 5.74) is 0. The third-order valence-electron chi connectivity index (χ3n) is 2.49. The van der Waals surface area contributed by atoms with E-state index in [1.807, 2.05) is 19.1 Å². The Morgan fingerprint density at radius 2 is 2.26 bits per heavy atom. The normalized spacial score (nSPS) is 11.4. The van der Waals surface area contributed by atoms with Crippen LogP contribution in [-0.2, 0) is 4.79 Å². The van der Waals surface area contributed by atoms with Crippen molar-refractivity contribution in [1.29, 1.82) is 5.26 Å². The van der Waals surface area contributed by atoms with E-state index in [0.29, 0.717) is 17.2 Å². The number of benzene rings is 1. The summed E-state index contributed by atoms with van der Waals surface area (Å²) in [4.78, 5) is 11.6. The van der Waals surface area contributed by atoms with Crippen molar-refractivity contribution in [3.8, 4) is 11.8 Å². The zero-order valence-corrected chi connectivity index (χ0v) is 11.6. The average molecular weight is 281 g/mol. The molecule has 1 aromatic carbocycles. The second-order valence-corrected chi connectivity index (χ2v) is 4.47. The van der Waals surface area contributed by atoms with Gasteiger partial charge < -0.3 is 10.1 Å². The van der Waals surface area contributed by atoms with Crippen molar-refractivity contribution in [2.45, 2.75) is 32.2 Å². The summed E-state index contributed by atoms with van der Waals surface area (Å²) >= 11 is 5.92. The molecule has 0 radical (unpaired) electrons. The molecule has 0 saturated heterocycles. The molecular weight excluding hydrogens is 264 g/mol. The molecule has 19 heavy (non-hydrogen) atoms. The number of ether oxygens (including phenoxy) is 1. The second kappa shape index (κ2) is 8.39. The van der Waals surface area contributed by atoms with E-state index >= 15 is 0 Å². The number of hydrogen-bond donors (Lipinski definition) is 1. The first-order valence-electron chi connectivity index (χ1n) is 6.23. The molecule has 0 bridgehead atoms. The van der Waals surface area contributed by atoms with Gasteiger partial charge in [-0.25, -0.2) is 0 Å². The lowest BCUT2D eigenvalue weighted by Crippen LogP contribution is -2.34. The number of nitrogens with zero attached hydrogens (tertiary/aromatic N) is 1. The standard InChI is InChI=1S/C14H17ClN2O2/c1-2-5-11(10-16)17-14(18)8-9-19-13-7-4-3-6-12(13)15/h3-4,6-7,11H,2,5,8-9H2,1H3,(H,17,18)/t11-/m0/s1. The molecule has 0 fully saturated rings. The van der Waals surface area contributed by atoms with E-state index in [1.54, 1.807) is 12.1 Å². The molecule has 1 aromatic rings. The number of carbonyl (C=O) groups excluding carboxylic acids is 1. The maximum absolute atomic E-state index is 11.6. The molecule has 0 spiro atoms. The largest absolute Gasteiger partial charge is 0.491 e. The fourth-order valence-electron chi connectivity index (χ4n) is 1.54. The molecule has 0 aliphatic heterocycles. The molecule has 0 saturated carbocycles. The topological polar surface area (TPSA) is 62.1 Å². The van der Waals surface area contributed by atoms with Crippen LogP contribution < -0.4 is 10.1 Å². The van der Waals surface area contributed by atoms with E-state index in [0.717, 1.165) is 6.42 Å². The molecule has 1 N–H and O–H groups in total. The Hall–Kier alpha value is -1.73. The third-order valence-corrected chi connectivity index (χ3v) is 2.80. The van der Waals surface area contributed by atoms with E-state index in [-0.39, 0.29) is 18.9 Å². The number of nitrogens with one attached hydrogen (secondary N) is 1. The Morgan fingerprint density at radius 1 is 1.53 bits per heavy atom. The van der Waals surface area contributed by atoms with E-state index < -0.39 is 6.04 Å². The summed E-state index contributed by atoms with van der Waals surface area (Å²) in [6.07, 6.45) is 1.72. The highest BCUT2D eigenvalue weighted by molar-refractivity contribution is 6.32. The third kappa shape index (κ3) is 5.62. The van der Waals surface area contributed by atoms with Gasteiger partial charge in [0.15, 0.2) is 0 Å². The van der Waals surface area contributed by atoms with Crippen molar-refractivity contribution >= 4 is 17.5 Å². The first-order chi connectivity index (χ1) is 9.17. The van der Waals surface area contributed by atoms with Crippen molar-refractivity contribution in [2.24, 2.45) is 0 Å². The van der Waals surface area contributed by atoms with E-state index in [9.17, 15) is 4.79 Å². The number of para-hydroxylation sites is 1. The van der Waals surface area contributed by atoms with Crippen LogP contribution in [0.2, 0.25) is 5.02 Å². The minimum Gasteiger partial charge on any atom is -0.491 e. The van der Waals surface area contributed by atoms with Crippen LogP contribution in [0.15, 0.2) is 24.3 Å². The second-order valence-electron chi connectivity index (χ2n) is 4.07. The summed E-state index contributed by atoms with van der Waals surface area (Å²) in [5.74, 6) is 0.370. The smallest absolute Gasteiger partial charge is 0.224 e. The minimum absolute atomic E-state index is 0.188. The molecule has 5 heteroatoms. The molecule has 1 amide bonds. The zero-order valence-electron chi connectivity index (χ0n) is 10.9. The van der Waals surface area contributed by atoms with Crippen LogP contribution in [0.4, 0.5) is 0 Å². The number of amides is 1. The van der Waals surface area contributed by atoms with E-state index in [1.165, 1.54) is 0 Å². The maximum atomic E-state index is 11.6. The zero-order chi connectivity index (χ0) is 14.1. The molecule has 0 heterocycles. The van der Waals surface area contributed by atoms with Gasteiger partial charge in [0, 0.05) is 0 Å².